The zero-order valence-corrected chi connectivity index (χ0v) is 21.2. The number of rotatable bonds is 6. The van der Waals surface area contributed by atoms with Gasteiger partial charge in [-0.1, -0.05) is 6.07 Å². The van der Waals surface area contributed by atoms with Gasteiger partial charge in [0.1, 0.15) is 0 Å². The Morgan fingerprint density at radius 3 is 2.64 bits per heavy atom. The van der Waals surface area contributed by atoms with Crippen LogP contribution in [0.4, 0.5) is 0 Å². The van der Waals surface area contributed by atoms with Gasteiger partial charge in [0.25, 0.3) is 5.91 Å². The molecule has 1 saturated carbocycles. The van der Waals surface area contributed by atoms with Gasteiger partial charge in [-0.3, -0.25) is 14.7 Å². The first kappa shape index (κ1) is 23.2. The molecule has 0 bridgehead atoms. The van der Waals surface area contributed by atoms with Crippen molar-refractivity contribution in [2.75, 3.05) is 26.7 Å². The van der Waals surface area contributed by atoms with Crippen molar-refractivity contribution in [1.29, 1.82) is 0 Å². The molecule has 1 amide bonds. The van der Waals surface area contributed by atoms with Crippen molar-refractivity contribution in [1.82, 2.24) is 19.4 Å². The van der Waals surface area contributed by atoms with Crippen LogP contribution in [-0.2, 0) is 24.2 Å². The summed E-state index contributed by atoms with van der Waals surface area (Å²) in [5.41, 5.74) is 5.96. The Bertz CT molecular complexity index is 1320. The maximum absolute atomic E-state index is 13.3. The van der Waals surface area contributed by atoms with E-state index >= 15 is 0 Å². The summed E-state index contributed by atoms with van der Waals surface area (Å²) in [6.07, 6.45) is 9.01. The fourth-order valence-electron chi connectivity index (χ4n) is 6.07. The van der Waals surface area contributed by atoms with Crippen molar-refractivity contribution in [2.24, 2.45) is 0 Å². The van der Waals surface area contributed by atoms with Crippen LogP contribution in [0.15, 0.2) is 36.7 Å². The third-order valence-electron chi connectivity index (χ3n) is 8.21. The molecule has 6 rings (SSSR count). The van der Waals surface area contributed by atoms with E-state index in [-0.39, 0.29) is 11.9 Å². The van der Waals surface area contributed by atoms with E-state index in [4.69, 9.17) is 4.74 Å². The molecule has 1 aromatic carbocycles. The number of aromatic nitrogens is 2. The van der Waals surface area contributed by atoms with Gasteiger partial charge in [-0.2, -0.15) is 0 Å². The largest absolute Gasteiger partial charge is 0.465 e. The van der Waals surface area contributed by atoms with Crippen LogP contribution in [-0.4, -0.2) is 64.0 Å². The lowest BCUT2D eigenvalue weighted by atomic mass is 9.96. The van der Waals surface area contributed by atoms with E-state index in [1.54, 1.807) is 6.07 Å². The van der Waals surface area contributed by atoms with E-state index in [0.29, 0.717) is 17.7 Å². The van der Waals surface area contributed by atoms with Crippen molar-refractivity contribution in [3.8, 4) is 0 Å². The number of benzene rings is 1. The minimum atomic E-state index is -0.460. The first-order valence-electron chi connectivity index (χ1n) is 13.3. The summed E-state index contributed by atoms with van der Waals surface area (Å²) in [4.78, 5) is 34.2. The van der Waals surface area contributed by atoms with Crippen LogP contribution in [0.1, 0.15) is 76.1 Å². The second kappa shape index (κ2) is 9.36. The number of likely N-dealkylation sites (tertiary alicyclic amines) is 1. The minimum Gasteiger partial charge on any atom is -0.465 e. The SMILES string of the molecule is CCn1ccc2c(C3CC3)cc(CN3CCC(N4CCc5ncc(C(=O)OC)cc5C4=O)CC3)cc21. The zero-order valence-electron chi connectivity index (χ0n) is 21.2. The van der Waals surface area contributed by atoms with Gasteiger partial charge in [-0.25, -0.2) is 4.79 Å². The average molecular weight is 487 g/mol. The maximum atomic E-state index is 13.3. The molecule has 188 valence electrons. The van der Waals surface area contributed by atoms with Crippen molar-refractivity contribution in [3.63, 3.8) is 0 Å². The highest BCUT2D eigenvalue weighted by Crippen LogP contribution is 2.44. The lowest BCUT2D eigenvalue weighted by Crippen LogP contribution is -2.50. The second-order valence-corrected chi connectivity index (χ2v) is 10.5. The number of carbonyl (C=O) groups is 2. The van der Waals surface area contributed by atoms with E-state index in [9.17, 15) is 9.59 Å². The number of amides is 1. The molecular formula is C29H34N4O3. The first-order chi connectivity index (χ1) is 17.6. The fourth-order valence-corrected chi connectivity index (χ4v) is 6.07. The van der Waals surface area contributed by atoms with E-state index in [0.717, 1.165) is 57.1 Å². The fraction of sp³-hybridized carbons (Fsp3) is 0.483. The number of piperidine rings is 1. The Balaban J connectivity index is 1.14. The van der Waals surface area contributed by atoms with Gasteiger partial charge in [0, 0.05) is 68.5 Å². The normalized spacial score (nSPS) is 19.1. The standard InChI is InChI=1S/C29H34N4O3/c1-3-32-12-8-23-24(20-4-5-20)14-19(15-27(23)32)18-31-10-6-22(7-11-31)33-13-9-26-25(28(33)34)16-21(17-30-26)29(35)36-2/h8,12,14-17,20,22H,3-7,9-11,13,18H2,1-2H3. The van der Waals surface area contributed by atoms with E-state index in [1.165, 1.54) is 48.2 Å². The van der Waals surface area contributed by atoms with Crippen molar-refractivity contribution >= 4 is 22.8 Å². The number of nitrogens with zero attached hydrogens (tertiary/aromatic N) is 4. The average Bonchev–Trinajstić information content (AvgIpc) is 3.68. The third-order valence-corrected chi connectivity index (χ3v) is 8.21. The highest BCUT2D eigenvalue weighted by atomic mass is 16.5. The Labute approximate surface area is 212 Å². The number of aryl methyl sites for hydroxylation is 1. The van der Waals surface area contributed by atoms with Gasteiger partial charge in [0.05, 0.1) is 23.9 Å². The molecule has 4 heterocycles. The van der Waals surface area contributed by atoms with Gasteiger partial charge >= 0.3 is 5.97 Å². The predicted octanol–water partition coefficient (Wildman–Crippen LogP) is 4.38. The Morgan fingerprint density at radius 2 is 1.92 bits per heavy atom. The van der Waals surface area contributed by atoms with Crippen LogP contribution in [0.5, 0.6) is 0 Å². The summed E-state index contributed by atoms with van der Waals surface area (Å²) in [6, 6.07) is 9.00. The number of esters is 1. The first-order valence-corrected chi connectivity index (χ1v) is 13.3. The third kappa shape index (κ3) is 4.19. The molecule has 0 spiro atoms. The Morgan fingerprint density at radius 1 is 1.11 bits per heavy atom. The molecule has 1 saturated heterocycles. The molecular weight excluding hydrogens is 452 g/mol. The van der Waals surface area contributed by atoms with E-state index in [1.807, 2.05) is 4.90 Å². The summed E-state index contributed by atoms with van der Waals surface area (Å²) < 4.78 is 7.17. The molecule has 0 N–H and O–H groups in total. The van der Waals surface area contributed by atoms with E-state index in [2.05, 4.69) is 45.8 Å². The van der Waals surface area contributed by atoms with Gasteiger partial charge in [0.2, 0.25) is 0 Å². The summed E-state index contributed by atoms with van der Waals surface area (Å²) in [5, 5.41) is 1.43. The predicted molar refractivity (Wildman–Crippen MR) is 138 cm³/mol. The maximum Gasteiger partial charge on any atom is 0.339 e. The lowest BCUT2D eigenvalue weighted by molar-refractivity contribution is 0.0543. The monoisotopic (exact) mass is 486 g/mol. The van der Waals surface area contributed by atoms with Crippen molar-refractivity contribution < 1.29 is 14.3 Å². The number of pyridine rings is 1. The molecule has 0 radical (unpaired) electrons. The zero-order chi connectivity index (χ0) is 24.8. The number of ether oxygens (including phenoxy) is 1. The number of hydrogen-bond acceptors (Lipinski definition) is 5. The smallest absolute Gasteiger partial charge is 0.339 e. The van der Waals surface area contributed by atoms with Crippen LogP contribution in [0, 0.1) is 0 Å². The molecule has 0 unspecified atom stereocenters. The van der Waals surface area contributed by atoms with Crippen LogP contribution >= 0.6 is 0 Å². The Kier molecular flexibility index (Phi) is 6.04. The number of hydrogen-bond donors (Lipinski definition) is 0. The van der Waals surface area contributed by atoms with Crippen LogP contribution in [0.2, 0.25) is 0 Å². The molecule has 7 nitrogen and oxygen atoms in total. The molecule has 2 aliphatic heterocycles. The molecule has 3 aliphatic rings. The quantitative estimate of drug-likeness (QED) is 0.484. The van der Waals surface area contributed by atoms with Gasteiger partial charge < -0.3 is 14.2 Å². The summed E-state index contributed by atoms with van der Waals surface area (Å²) in [6.45, 7) is 6.81. The van der Waals surface area contributed by atoms with Crippen molar-refractivity contribution in [2.45, 2.75) is 64.1 Å². The van der Waals surface area contributed by atoms with Gasteiger partial charge in [-0.05, 0) is 67.9 Å². The highest BCUT2D eigenvalue weighted by molar-refractivity contribution is 5.99. The van der Waals surface area contributed by atoms with Crippen molar-refractivity contribution in [3.05, 3.63) is 64.6 Å². The second-order valence-electron chi connectivity index (χ2n) is 10.5. The molecule has 0 atom stereocenters. The number of fused-ring (bicyclic) bond motifs is 2. The van der Waals surface area contributed by atoms with Crippen LogP contribution < -0.4 is 0 Å². The van der Waals surface area contributed by atoms with E-state index < -0.39 is 5.97 Å². The number of carbonyl (C=O) groups excluding carboxylic acids is 2. The minimum absolute atomic E-state index is 0.00666. The highest BCUT2D eigenvalue weighted by Gasteiger charge is 2.33. The lowest BCUT2D eigenvalue weighted by Gasteiger charge is -2.40. The summed E-state index contributed by atoms with van der Waals surface area (Å²) in [7, 11) is 1.34. The molecule has 3 aromatic rings. The van der Waals surface area contributed by atoms with Crippen LogP contribution in [0.25, 0.3) is 10.9 Å². The molecule has 36 heavy (non-hydrogen) atoms. The molecule has 1 aliphatic carbocycles. The molecule has 7 heteroatoms. The summed E-state index contributed by atoms with van der Waals surface area (Å²) in [5.74, 6) is 0.263. The molecule has 2 aromatic heterocycles. The topological polar surface area (TPSA) is 67.7 Å². The summed E-state index contributed by atoms with van der Waals surface area (Å²) >= 11 is 0. The molecule has 2 fully saturated rings. The van der Waals surface area contributed by atoms with Gasteiger partial charge in [0.15, 0.2) is 0 Å². The van der Waals surface area contributed by atoms with Gasteiger partial charge in [-0.15, -0.1) is 0 Å². The Hall–Kier alpha value is -3.19. The van der Waals surface area contributed by atoms with Crippen LogP contribution in [0.3, 0.4) is 0 Å². The number of methoxy groups -OCH3 is 1.